The van der Waals surface area contributed by atoms with E-state index >= 15 is 0 Å². The molecule has 0 aliphatic carbocycles. The predicted octanol–water partition coefficient (Wildman–Crippen LogP) is 2.95. The van der Waals surface area contributed by atoms with Gasteiger partial charge in [0.15, 0.2) is 0 Å². The number of sulfone groups is 1. The van der Waals surface area contributed by atoms with Crippen LogP contribution < -0.4 is 4.72 Å². The summed E-state index contributed by atoms with van der Waals surface area (Å²) in [4.78, 5) is 11.9. The van der Waals surface area contributed by atoms with Gasteiger partial charge in [-0.1, -0.05) is 42.5 Å². The maximum atomic E-state index is 12.8. The Hall–Kier alpha value is -2.97. The summed E-state index contributed by atoms with van der Waals surface area (Å²) in [5, 5.41) is 0. The van der Waals surface area contributed by atoms with E-state index in [1.807, 2.05) is 4.72 Å². The van der Waals surface area contributed by atoms with E-state index in [2.05, 4.69) is 0 Å². The van der Waals surface area contributed by atoms with E-state index in [-0.39, 0.29) is 20.2 Å². The number of hydrogen-bond donors (Lipinski definition) is 1. The van der Waals surface area contributed by atoms with Crippen molar-refractivity contribution in [3.05, 3.63) is 90.0 Å². The molecule has 6 nitrogen and oxygen atoms in total. The number of carbonyl (C=O) groups is 1. The molecule has 28 heavy (non-hydrogen) atoms. The second kappa shape index (κ2) is 7.57. The van der Waals surface area contributed by atoms with E-state index in [9.17, 15) is 21.6 Å². The van der Waals surface area contributed by atoms with Crippen LogP contribution in [0.5, 0.6) is 0 Å². The molecule has 0 bridgehead atoms. The number of sulfonamides is 1. The number of rotatable bonds is 5. The Kier molecular flexibility index (Phi) is 5.35. The normalized spacial score (nSPS) is 11.8. The first kappa shape index (κ1) is 19.8. The van der Waals surface area contributed by atoms with Gasteiger partial charge in [0.2, 0.25) is 9.84 Å². The number of aryl methyl sites for hydroxylation is 1. The summed E-state index contributed by atoms with van der Waals surface area (Å²) in [6.45, 7) is 1.53. The third kappa shape index (κ3) is 3.97. The van der Waals surface area contributed by atoms with Gasteiger partial charge >= 0.3 is 0 Å². The van der Waals surface area contributed by atoms with E-state index in [0.29, 0.717) is 5.56 Å². The average molecular weight is 415 g/mol. The highest BCUT2D eigenvalue weighted by Gasteiger charge is 2.25. The quantitative estimate of drug-likeness (QED) is 0.691. The summed E-state index contributed by atoms with van der Waals surface area (Å²) in [5.41, 5.74) is 0.497. The fourth-order valence-corrected chi connectivity index (χ4v) is 5.23. The molecule has 0 aromatic heterocycles. The van der Waals surface area contributed by atoms with Crippen LogP contribution in [0.4, 0.5) is 0 Å². The van der Waals surface area contributed by atoms with E-state index in [4.69, 9.17) is 0 Å². The molecule has 0 heterocycles. The Balaban J connectivity index is 2.01. The number of hydrogen-bond acceptors (Lipinski definition) is 5. The third-order valence-corrected chi connectivity index (χ3v) is 7.32. The highest BCUT2D eigenvalue weighted by molar-refractivity contribution is 7.92. The fourth-order valence-electron chi connectivity index (χ4n) is 2.60. The molecule has 1 amide bonds. The summed E-state index contributed by atoms with van der Waals surface area (Å²) in [7, 11) is -8.16. The molecular formula is C20H17NO5S2. The summed E-state index contributed by atoms with van der Waals surface area (Å²) >= 11 is 0. The molecule has 144 valence electrons. The van der Waals surface area contributed by atoms with Crippen molar-refractivity contribution in [1.82, 2.24) is 4.72 Å². The van der Waals surface area contributed by atoms with Gasteiger partial charge in [-0.3, -0.25) is 4.79 Å². The van der Waals surface area contributed by atoms with Crippen LogP contribution in [0.25, 0.3) is 0 Å². The standard InChI is InChI=1S/C20H17NO5S2/c1-15-12-13-18(27(23,24)17-10-6-3-7-11-17)14-19(15)28(25,26)21-20(22)16-8-4-2-5-9-16/h2-14H,1H3,(H,21,22). The topological polar surface area (TPSA) is 97.4 Å². The van der Waals surface area contributed by atoms with Gasteiger partial charge in [0.1, 0.15) is 0 Å². The molecule has 0 fully saturated rings. The third-order valence-electron chi connectivity index (χ3n) is 4.08. The smallest absolute Gasteiger partial charge is 0.264 e. The van der Waals surface area contributed by atoms with Crippen molar-refractivity contribution in [1.29, 1.82) is 0 Å². The molecule has 3 rings (SSSR count). The number of benzene rings is 3. The van der Waals surface area contributed by atoms with Gasteiger partial charge in [-0.25, -0.2) is 21.6 Å². The van der Waals surface area contributed by atoms with Crippen LogP contribution in [-0.2, 0) is 19.9 Å². The van der Waals surface area contributed by atoms with Gasteiger partial charge in [0.25, 0.3) is 15.9 Å². The fraction of sp³-hybridized carbons (Fsp3) is 0.0500. The van der Waals surface area contributed by atoms with Crippen LogP contribution in [0.1, 0.15) is 15.9 Å². The first-order chi connectivity index (χ1) is 13.2. The SMILES string of the molecule is Cc1ccc(S(=O)(=O)c2ccccc2)cc1S(=O)(=O)NC(=O)c1ccccc1. The Bertz CT molecular complexity index is 1220. The molecule has 1 N–H and O–H groups in total. The van der Waals surface area contributed by atoms with Crippen LogP contribution >= 0.6 is 0 Å². The molecule has 3 aromatic carbocycles. The largest absolute Gasteiger partial charge is 0.268 e. The van der Waals surface area contributed by atoms with Crippen molar-refractivity contribution in [2.75, 3.05) is 0 Å². The van der Waals surface area contributed by atoms with E-state index in [0.717, 1.165) is 6.07 Å². The molecule has 3 aromatic rings. The minimum Gasteiger partial charge on any atom is -0.268 e. The van der Waals surface area contributed by atoms with Gasteiger partial charge in [-0.05, 0) is 48.9 Å². The van der Waals surface area contributed by atoms with E-state index in [1.54, 1.807) is 36.4 Å². The number of carbonyl (C=O) groups excluding carboxylic acids is 1. The minimum absolute atomic E-state index is 0.0514. The van der Waals surface area contributed by atoms with Crippen molar-refractivity contribution in [2.45, 2.75) is 21.6 Å². The molecule has 8 heteroatoms. The monoisotopic (exact) mass is 415 g/mol. The van der Waals surface area contributed by atoms with Crippen LogP contribution in [0.2, 0.25) is 0 Å². The summed E-state index contributed by atoms with van der Waals surface area (Å²) in [5.74, 6) is -0.795. The average Bonchev–Trinajstić information content (AvgIpc) is 2.69. The molecule has 0 radical (unpaired) electrons. The number of nitrogens with one attached hydrogen (secondary N) is 1. The predicted molar refractivity (Wildman–Crippen MR) is 104 cm³/mol. The van der Waals surface area contributed by atoms with Crippen LogP contribution in [-0.4, -0.2) is 22.7 Å². The molecule has 0 saturated carbocycles. The number of amides is 1. The molecule has 0 spiro atoms. The minimum atomic E-state index is -4.27. The zero-order valence-electron chi connectivity index (χ0n) is 14.9. The molecular weight excluding hydrogens is 398 g/mol. The summed E-state index contributed by atoms with van der Waals surface area (Å²) < 4.78 is 53.0. The second-order valence-electron chi connectivity index (χ2n) is 6.04. The van der Waals surface area contributed by atoms with Crippen molar-refractivity contribution >= 4 is 25.8 Å². The van der Waals surface area contributed by atoms with Crippen molar-refractivity contribution in [2.24, 2.45) is 0 Å². The lowest BCUT2D eigenvalue weighted by Gasteiger charge is -2.12. The van der Waals surface area contributed by atoms with Crippen LogP contribution in [0.15, 0.2) is 93.5 Å². The molecule has 0 aliphatic heterocycles. The molecule has 0 unspecified atom stereocenters. The van der Waals surface area contributed by atoms with Crippen molar-refractivity contribution in [3.63, 3.8) is 0 Å². The zero-order chi connectivity index (χ0) is 20.4. The molecule has 0 saturated heterocycles. The summed E-state index contributed by atoms with van der Waals surface area (Å²) in [6.07, 6.45) is 0. The van der Waals surface area contributed by atoms with Gasteiger partial charge in [0.05, 0.1) is 14.7 Å². The van der Waals surface area contributed by atoms with Gasteiger partial charge in [-0.15, -0.1) is 0 Å². The maximum Gasteiger partial charge on any atom is 0.264 e. The van der Waals surface area contributed by atoms with Gasteiger partial charge in [0, 0.05) is 5.56 Å². The zero-order valence-corrected chi connectivity index (χ0v) is 16.5. The van der Waals surface area contributed by atoms with Crippen LogP contribution in [0, 0.1) is 6.92 Å². The Labute approximate surface area is 163 Å². The second-order valence-corrected chi connectivity index (χ2v) is 9.64. The lowest BCUT2D eigenvalue weighted by atomic mass is 10.2. The van der Waals surface area contributed by atoms with Gasteiger partial charge < -0.3 is 0 Å². The van der Waals surface area contributed by atoms with Crippen LogP contribution in [0.3, 0.4) is 0 Å². The van der Waals surface area contributed by atoms with Crippen molar-refractivity contribution in [3.8, 4) is 0 Å². The lowest BCUT2D eigenvalue weighted by molar-refractivity contribution is 0.0981. The van der Waals surface area contributed by atoms with E-state index in [1.165, 1.54) is 43.3 Å². The lowest BCUT2D eigenvalue weighted by Crippen LogP contribution is -2.31. The highest BCUT2D eigenvalue weighted by Crippen LogP contribution is 2.25. The first-order valence-electron chi connectivity index (χ1n) is 8.25. The van der Waals surface area contributed by atoms with Gasteiger partial charge in [-0.2, -0.15) is 0 Å². The maximum absolute atomic E-state index is 12.8. The Morgan fingerprint density at radius 1 is 0.750 bits per heavy atom. The molecule has 0 aliphatic rings. The summed E-state index contributed by atoms with van der Waals surface area (Å²) in [6, 6.07) is 19.4. The Morgan fingerprint density at radius 2 is 1.32 bits per heavy atom. The van der Waals surface area contributed by atoms with Crippen molar-refractivity contribution < 1.29 is 21.6 Å². The first-order valence-corrected chi connectivity index (χ1v) is 11.2. The van der Waals surface area contributed by atoms with E-state index < -0.39 is 25.8 Å². The highest BCUT2D eigenvalue weighted by atomic mass is 32.2. The Morgan fingerprint density at radius 3 is 1.93 bits per heavy atom. The molecule has 0 atom stereocenters.